The number of halogens is 2. The van der Waals surface area contributed by atoms with E-state index in [1.54, 1.807) is 18.2 Å². The van der Waals surface area contributed by atoms with Gasteiger partial charge < -0.3 is 15.1 Å². The lowest BCUT2D eigenvalue weighted by atomic mass is 9.88. The molecule has 8 nitrogen and oxygen atoms in total. The second-order valence-electron chi connectivity index (χ2n) is 10.1. The molecule has 0 bridgehead atoms. The van der Waals surface area contributed by atoms with Gasteiger partial charge in [-0.1, -0.05) is 48.5 Å². The molecule has 2 heterocycles. The van der Waals surface area contributed by atoms with Crippen molar-refractivity contribution in [3.63, 3.8) is 0 Å². The van der Waals surface area contributed by atoms with Gasteiger partial charge in [0.15, 0.2) is 0 Å². The van der Waals surface area contributed by atoms with Crippen LogP contribution in [0.2, 0.25) is 10.0 Å². The van der Waals surface area contributed by atoms with Gasteiger partial charge in [-0.2, -0.15) is 0 Å². The van der Waals surface area contributed by atoms with Gasteiger partial charge in [0.2, 0.25) is 11.8 Å². The average molecular weight is 556 g/mol. The van der Waals surface area contributed by atoms with Crippen LogP contribution in [0.15, 0.2) is 47.5 Å². The smallest absolute Gasteiger partial charge is 0.261 e. The molecule has 2 aromatic carbocycles. The number of hydrogen-bond acceptors (Lipinski definition) is 5. The van der Waals surface area contributed by atoms with Crippen LogP contribution in [0.5, 0.6) is 0 Å². The molecule has 38 heavy (non-hydrogen) atoms. The average Bonchev–Trinajstić information content (AvgIpc) is 2.95. The predicted octanol–water partition coefficient (Wildman–Crippen LogP) is 4.25. The lowest BCUT2D eigenvalue weighted by Crippen LogP contribution is -2.50. The van der Waals surface area contributed by atoms with E-state index >= 15 is 0 Å². The van der Waals surface area contributed by atoms with E-state index in [-0.39, 0.29) is 30.5 Å². The van der Waals surface area contributed by atoms with E-state index in [9.17, 15) is 14.4 Å². The molecule has 1 aliphatic carbocycles. The molecular formula is C28H31Cl2N5O3. The summed E-state index contributed by atoms with van der Waals surface area (Å²) in [5, 5.41) is 4.13. The monoisotopic (exact) mass is 555 g/mol. The van der Waals surface area contributed by atoms with Gasteiger partial charge >= 0.3 is 0 Å². The molecule has 200 valence electrons. The lowest BCUT2D eigenvalue weighted by Gasteiger charge is -2.38. The summed E-state index contributed by atoms with van der Waals surface area (Å²) in [6.07, 6.45) is 6.96. The molecule has 1 aromatic heterocycles. The summed E-state index contributed by atoms with van der Waals surface area (Å²) in [6.45, 7) is 2.93. The maximum absolute atomic E-state index is 13.2. The summed E-state index contributed by atoms with van der Waals surface area (Å²) in [4.78, 5) is 47.2. The van der Waals surface area contributed by atoms with E-state index < -0.39 is 0 Å². The molecule has 3 aromatic rings. The van der Waals surface area contributed by atoms with Gasteiger partial charge in [0.25, 0.3) is 5.56 Å². The van der Waals surface area contributed by atoms with Crippen molar-refractivity contribution < 1.29 is 9.59 Å². The van der Waals surface area contributed by atoms with E-state index in [0.717, 1.165) is 50.0 Å². The summed E-state index contributed by atoms with van der Waals surface area (Å²) in [6, 6.07) is 10.8. The highest BCUT2D eigenvalue weighted by Crippen LogP contribution is 2.27. The summed E-state index contributed by atoms with van der Waals surface area (Å²) < 4.78 is 1.32. The number of fused-ring (bicyclic) bond motifs is 1. The molecule has 1 saturated carbocycles. The van der Waals surface area contributed by atoms with Crippen molar-refractivity contribution in [2.75, 3.05) is 31.1 Å². The number of carbonyl (C=O) groups is 2. The van der Waals surface area contributed by atoms with Crippen LogP contribution in [-0.2, 0) is 22.7 Å². The van der Waals surface area contributed by atoms with E-state index in [1.165, 1.54) is 17.3 Å². The van der Waals surface area contributed by atoms with Crippen LogP contribution >= 0.6 is 23.2 Å². The molecule has 0 spiro atoms. The van der Waals surface area contributed by atoms with E-state index in [2.05, 4.69) is 15.2 Å². The Hall–Kier alpha value is -3.10. The molecule has 1 aliphatic heterocycles. The van der Waals surface area contributed by atoms with Crippen LogP contribution in [0.3, 0.4) is 0 Å². The number of anilines is 1. The van der Waals surface area contributed by atoms with Crippen LogP contribution in [0.25, 0.3) is 10.9 Å². The number of carbonyl (C=O) groups excluding carboxylic acids is 2. The van der Waals surface area contributed by atoms with Gasteiger partial charge in [-0.05, 0) is 48.7 Å². The number of benzene rings is 2. The highest BCUT2D eigenvalue weighted by molar-refractivity contribution is 6.42. The highest BCUT2D eigenvalue weighted by Gasteiger charge is 2.28. The van der Waals surface area contributed by atoms with Crippen molar-refractivity contribution in [1.29, 1.82) is 0 Å². The summed E-state index contributed by atoms with van der Waals surface area (Å²) in [7, 11) is 0. The first-order valence-electron chi connectivity index (χ1n) is 13.1. The molecule has 5 rings (SSSR count). The van der Waals surface area contributed by atoms with Gasteiger partial charge in [0.05, 0.1) is 27.3 Å². The highest BCUT2D eigenvalue weighted by atomic mass is 35.5. The minimum absolute atomic E-state index is 0.144. The Kier molecular flexibility index (Phi) is 8.19. The molecule has 0 unspecified atom stereocenters. The van der Waals surface area contributed by atoms with Crippen molar-refractivity contribution in [2.24, 2.45) is 5.92 Å². The molecule has 1 saturated heterocycles. The number of amides is 2. The van der Waals surface area contributed by atoms with E-state index in [1.807, 2.05) is 23.1 Å². The molecule has 0 atom stereocenters. The van der Waals surface area contributed by atoms with Crippen LogP contribution in [0, 0.1) is 5.92 Å². The molecule has 1 N–H and O–H groups in total. The Morgan fingerprint density at radius 3 is 2.45 bits per heavy atom. The van der Waals surface area contributed by atoms with Gasteiger partial charge in [0, 0.05) is 44.3 Å². The second-order valence-corrected chi connectivity index (χ2v) is 10.9. The zero-order valence-corrected chi connectivity index (χ0v) is 22.7. The van der Waals surface area contributed by atoms with Gasteiger partial charge in [-0.25, -0.2) is 4.98 Å². The number of hydrogen-bond donors (Lipinski definition) is 1. The van der Waals surface area contributed by atoms with Gasteiger partial charge in [-0.15, -0.1) is 0 Å². The lowest BCUT2D eigenvalue weighted by molar-refractivity contribution is -0.136. The zero-order chi connectivity index (χ0) is 26.6. The first-order chi connectivity index (χ1) is 18.4. The molecule has 0 radical (unpaired) electrons. The Labute approximate surface area is 231 Å². The normalized spacial score (nSPS) is 16.6. The zero-order valence-electron chi connectivity index (χ0n) is 21.2. The third-order valence-electron chi connectivity index (χ3n) is 7.51. The Bertz CT molecular complexity index is 1390. The minimum Gasteiger partial charge on any atom is -0.368 e. The largest absolute Gasteiger partial charge is 0.368 e. The fourth-order valence-corrected chi connectivity index (χ4v) is 5.63. The maximum atomic E-state index is 13.2. The number of aromatic nitrogens is 2. The second kappa shape index (κ2) is 11.7. The third-order valence-corrected chi connectivity index (χ3v) is 8.25. The van der Waals surface area contributed by atoms with Gasteiger partial charge in [-0.3, -0.25) is 19.0 Å². The Morgan fingerprint density at radius 1 is 0.947 bits per heavy atom. The first-order valence-corrected chi connectivity index (χ1v) is 13.9. The quantitative estimate of drug-likeness (QED) is 0.491. The first kappa shape index (κ1) is 26.5. The van der Waals surface area contributed by atoms with Crippen LogP contribution in [-0.4, -0.2) is 52.4 Å². The SMILES string of the molecule is O=C(Cn1cnc2ccc(N3CCN(C(=O)C4CCCCC4)CC3)cc2c1=O)NCc1ccc(Cl)c(Cl)c1. The van der Waals surface area contributed by atoms with E-state index in [0.29, 0.717) is 39.9 Å². The van der Waals surface area contributed by atoms with Gasteiger partial charge in [0.1, 0.15) is 6.54 Å². The Balaban J connectivity index is 1.22. The number of piperazine rings is 1. The fourth-order valence-electron chi connectivity index (χ4n) is 5.31. The Morgan fingerprint density at radius 2 is 1.71 bits per heavy atom. The molecule has 2 aliphatic rings. The summed E-state index contributed by atoms with van der Waals surface area (Å²) in [5.74, 6) is 0.170. The number of rotatable bonds is 6. The van der Waals surface area contributed by atoms with Crippen LogP contribution in [0.1, 0.15) is 37.7 Å². The summed E-state index contributed by atoms with van der Waals surface area (Å²) in [5.41, 5.74) is 2.04. The standard InChI is InChI=1S/C28H31Cl2N5O3/c29-23-8-6-19(14-24(23)30)16-31-26(36)17-35-18-32-25-9-7-21(15-22(25)28(35)38)33-10-12-34(13-11-33)27(37)20-4-2-1-3-5-20/h6-9,14-15,18,20H,1-5,10-13,16-17H2,(H,31,36). The third kappa shape index (κ3) is 5.97. The van der Waals surface area contributed by atoms with Crippen molar-refractivity contribution >= 4 is 51.6 Å². The predicted molar refractivity (Wildman–Crippen MR) is 150 cm³/mol. The fraction of sp³-hybridized carbons (Fsp3) is 0.429. The van der Waals surface area contributed by atoms with Crippen molar-refractivity contribution in [2.45, 2.75) is 45.2 Å². The molecule has 10 heteroatoms. The number of nitrogens with zero attached hydrogens (tertiary/aromatic N) is 4. The minimum atomic E-state index is -0.311. The van der Waals surface area contributed by atoms with Crippen LogP contribution in [0.4, 0.5) is 5.69 Å². The van der Waals surface area contributed by atoms with Crippen molar-refractivity contribution in [3.8, 4) is 0 Å². The molecular weight excluding hydrogens is 525 g/mol. The van der Waals surface area contributed by atoms with Crippen molar-refractivity contribution in [1.82, 2.24) is 19.8 Å². The number of nitrogens with one attached hydrogen (secondary N) is 1. The van der Waals surface area contributed by atoms with E-state index in [4.69, 9.17) is 23.2 Å². The van der Waals surface area contributed by atoms with Crippen molar-refractivity contribution in [3.05, 3.63) is 68.7 Å². The maximum Gasteiger partial charge on any atom is 0.261 e. The topological polar surface area (TPSA) is 87.5 Å². The van der Waals surface area contributed by atoms with Crippen LogP contribution < -0.4 is 15.8 Å². The summed E-state index contributed by atoms with van der Waals surface area (Å²) >= 11 is 12.0. The molecule has 2 amide bonds. The molecule has 2 fully saturated rings.